The summed E-state index contributed by atoms with van der Waals surface area (Å²) in [4.78, 5) is 14.5. The zero-order valence-corrected chi connectivity index (χ0v) is 12.7. The molecular formula is C17H20N2O2. The minimum absolute atomic E-state index is 0.0712. The van der Waals surface area contributed by atoms with Crippen LogP contribution in [-0.4, -0.2) is 29.1 Å². The molecule has 4 heteroatoms. The van der Waals surface area contributed by atoms with Crippen molar-refractivity contribution in [3.63, 3.8) is 0 Å². The molecule has 1 amide bonds. The summed E-state index contributed by atoms with van der Waals surface area (Å²) >= 11 is 0. The first-order valence-electron chi connectivity index (χ1n) is 7.00. The summed E-state index contributed by atoms with van der Waals surface area (Å²) < 4.78 is 5.25. The monoisotopic (exact) mass is 284 g/mol. The molecule has 0 fully saturated rings. The van der Waals surface area contributed by atoms with Gasteiger partial charge in [-0.3, -0.25) is 4.79 Å². The van der Waals surface area contributed by atoms with E-state index in [9.17, 15) is 4.79 Å². The van der Waals surface area contributed by atoms with Gasteiger partial charge in [-0.15, -0.1) is 0 Å². The van der Waals surface area contributed by atoms with Crippen LogP contribution in [0.1, 0.15) is 30.0 Å². The molecule has 0 aliphatic heterocycles. The number of amides is 1. The zero-order valence-electron chi connectivity index (χ0n) is 12.7. The third-order valence-electron chi connectivity index (χ3n) is 3.25. The first-order valence-corrected chi connectivity index (χ1v) is 7.00. The largest absolute Gasteiger partial charge is 0.360 e. The molecule has 0 spiro atoms. The number of hydrogen-bond donors (Lipinski definition) is 0. The van der Waals surface area contributed by atoms with Gasteiger partial charge in [0, 0.05) is 18.7 Å². The number of carbonyl (C=O) groups excluding carboxylic acids is 1. The van der Waals surface area contributed by atoms with E-state index in [0.29, 0.717) is 30.1 Å². The summed E-state index contributed by atoms with van der Waals surface area (Å²) in [6.07, 6.45) is 0. The molecule has 0 saturated heterocycles. The van der Waals surface area contributed by atoms with Crippen LogP contribution in [0.4, 0.5) is 0 Å². The highest BCUT2D eigenvalue weighted by Crippen LogP contribution is 2.26. The van der Waals surface area contributed by atoms with E-state index in [1.54, 1.807) is 11.8 Å². The summed E-state index contributed by atoms with van der Waals surface area (Å²) in [7, 11) is 0. The fourth-order valence-corrected chi connectivity index (χ4v) is 2.23. The van der Waals surface area contributed by atoms with Crippen molar-refractivity contribution in [1.82, 2.24) is 10.1 Å². The normalized spacial score (nSPS) is 10.4. The van der Waals surface area contributed by atoms with E-state index in [1.807, 2.05) is 44.2 Å². The second kappa shape index (κ2) is 6.39. The Bertz CT molecular complexity index is 644. The van der Waals surface area contributed by atoms with Crippen molar-refractivity contribution < 1.29 is 9.32 Å². The van der Waals surface area contributed by atoms with Crippen molar-refractivity contribution in [3.05, 3.63) is 53.8 Å². The lowest BCUT2D eigenvalue weighted by atomic mass is 10.0. The first-order chi connectivity index (χ1) is 10.0. The van der Waals surface area contributed by atoms with Crippen LogP contribution in [0.5, 0.6) is 0 Å². The maximum Gasteiger partial charge on any atom is 0.260 e. The van der Waals surface area contributed by atoms with Crippen LogP contribution >= 0.6 is 0 Å². The molecule has 0 unspecified atom stereocenters. The average molecular weight is 284 g/mol. The van der Waals surface area contributed by atoms with E-state index in [2.05, 4.69) is 11.7 Å². The van der Waals surface area contributed by atoms with E-state index in [0.717, 1.165) is 11.1 Å². The summed E-state index contributed by atoms with van der Waals surface area (Å²) in [6, 6.07) is 9.60. The Morgan fingerprint density at radius 3 is 2.57 bits per heavy atom. The van der Waals surface area contributed by atoms with Crippen LogP contribution in [-0.2, 0) is 0 Å². The van der Waals surface area contributed by atoms with Crippen LogP contribution in [0.2, 0.25) is 0 Å². The van der Waals surface area contributed by atoms with E-state index < -0.39 is 0 Å². The van der Waals surface area contributed by atoms with Gasteiger partial charge in [0.05, 0.1) is 0 Å². The predicted octanol–water partition coefficient (Wildman–Crippen LogP) is 3.69. The summed E-state index contributed by atoms with van der Waals surface area (Å²) in [5, 5.41) is 4.06. The Morgan fingerprint density at radius 1 is 1.33 bits per heavy atom. The number of rotatable bonds is 5. The van der Waals surface area contributed by atoms with Crippen LogP contribution in [0.15, 0.2) is 47.0 Å². The van der Waals surface area contributed by atoms with Gasteiger partial charge in [-0.1, -0.05) is 47.6 Å². The molecule has 0 radical (unpaired) electrons. The second-order valence-corrected chi connectivity index (χ2v) is 5.10. The topological polar surface area (TPSA) is 46.3 Å². The summed E-state index contributed by atoms with van der Waals surface area (Å²) in [6.45, 7) is 10.7. The third-order valence-corrected chi connectivity index (χ3v) is 3.25. The van der Waals surface area contributed by atoms with E-state index >= 15 is 0 Å². The fourth-order valence-electron chi connectivity index (χ4n) is 2.23. The number of hydrogen-bond acceptors (Lipinski definition) is 3. The third kappa shape index (κ3) is 3.21. The van der Waals surface area contributed by atoms with E-state index in [-0.39, 0.29) is 5.91 Å². The molecule has 0 saturated carbocycles. The van der Waals surface area contributed by atoms with Gasteiger partial charge in [0.15, 0.2) is 0 Å². The van der Waals surface area contributed by atoms with Crippen molar-refractivity contribution in [3.8, 4) is 11.3 Å². The molecule has 4 nitrogen and oxygen atoms in total. The first kappa shape index (κ1) is 15.0. The molecule has 2 aromatic rings. The Morgan fingerprint density at radius 2 is 2.00 bits per heavy atom. The molecule has 0 bridgehead atoms. The standard InChI is InChI=1S/C17H20N2O2/c1-5-19(11-12(2)3)17(20)15-13(4)21-18-16(15)14-9-7-6-8-10-14/h6-10H,2,5,11H2,1,3-4H3. The molecule has 0 N–H and O–H groups in total. The second-order valence-electron chi connectivity index (χ2n) is 5.10. The molecule has 1 aromatic carbocycles. The maximum atomic E-state index is 12.8. The SMILES string of the molecule is C=C(C)CN(CC)C(=O)c1c(-c2ccccc2)noc1C. The van der Waals surface area contributed by atoms with Gasteiger partial charge in [-0.05, 0) is 20.8 Å². The number of benzene rings is 1. The number of aromatic nitrogens is 1. The van der Waals surface area contributed by atoms with Crippen molar-refractivity contribution in [2.75, 3.05) is 13.1 Å². The predicted molar refractivity (Wildman–Crippen MR) is 83.1 cm³/mol. The van der Waals surface area contributed by atoms with Crippen LogP contribution < -0.4 is 0 Å². The van der Waals surface area contributed by atoms with Gasteiger partial charge in [0.1, 0.15) is 17.0 Å². The highest BCUT2D eigenvalue weighted by molar-refractivity contribution is 6.00. The van der Waals surface area contributed by atoms with Gasteiger partial charge in [0.25, 0.3) is 5.91 Å². The Kier molecular flexibility index (Phi) is 4.58. The lowest BCUT2D eigenvalue weighted by molar-refractivity contribution is 0.0777. The molecule has 1 aromatic heterocycles. The van der Waals surface area contributed by atoms with Gasteiger partial charge in [-0.2, -0.15) is 0 Å². The minimum Gasteiger partial charge on any atom is -0.360 e. The van der Waals surface area contributed by atoms with Gasteiger partial charge in [0.2, 0.25) is 0 Å². The number of nitrogens with zero attached hydrogens (tertiary/aromatic N) is 2. The van der Waals surface area contributed by atoms with Gasteiger partial charge in [-0.25, -0.2) is 0 Å². The van der Waals surface area contributed by atoms with Gasteiger partial charge < -0.3 is 9.42 Å². The molecular weight excluding hydrogens is 264 g/mol. The van der Waals surface area contributed by atoms with Crippen LogP contribution in [0, 0.1) is 6.92 Å². The molecule has 110 valence electrons. The highest BCUT2D eigenvalue weighted by atomic mass is 16.5. The van der Waals surface area contributed by atoms with Gasteiger partial charge >= 0.3 is 0 Å². The molecule has 0 aliphatic rings. The van der Waals surface area contributed by atoms with Crippen molar-refractivity contribution in [1.29, 1.82) is 0 Å². The summed E-state index contributed by atoms with van der Waals surface area (Å²) in [5.41, 5.74) is 2.95. The molecule has 0 atom stereocenters. The lowest BCUT2D eigenvalue weighted by Gasteiger charge is -2.21. The number of likely N-dealkylation sites (N-methyl/N-ethyl adjacent to an activating group) is 1. The Hall–Kier alpha value is -2.36. The maximum absolute atomic E-state index is 12.8. The van der Waals surface area contributed by atoms with Crippen LogP contribution in [0.3, 0.4) is 0 Å². The van der Waals surface area contributed by atoms with Crippen molar-refractivity contribution >= 4 is 5.91 Å². The zero-order chi connectivity index (χ0) is 15.4. The number of aryl methyl sites for hydroxylation is 1. The van der Waals surface area contributed by atoms with Crippen molar-refractivity contribution in [2.24, 2.45) is 0 Å². The fraction of sp³-hybridized carbons (Fsp3) is 0.294. The van der Waals surface area contributed by atoms with Crippen molar-refractivity contribution in [2.45, 2.75) is 20.8 Å². The van der Waals surface area contributed by atoms with E-state index in [4.69, 9.17) is 4.52 Å². The average Bonchev–Trinajstić information content (AvgIpc) is 2.86. The number of carbonyl (C=O) groups is 1. The highest BCUT2D eigenvalue weighted by Gasteiger charge is 2.25. The van der Waals surface area contributed by atoms with Crippen LogP contribution in [0.25, 0.3) is 11.3 Å². The quantitative estimate of drug-likeness (QED) is 0.787. The smallest absolute Gasteiger partial charge is 0.260 e. The molecule has 2 rings (SSSR count). The lowest BCUT2D eigenvalue weighted by Crippen LogP contribution is -2.32. The molecule has 0 aliphatic carbocycles. The minimum atomic E-state index is -0.0712. The van der Waals surface area contributed by atoms with E-state index in [1.165, 1.54) is 0 Å². The Balaban J connectivity index is 2.42. The Labute approximate surface area is 125 Å². The summed E-state index contributed by atoms with van der Waals surface area (Å²) in [5.74, 6) is 0.470. The molecule has 21 heavy (non-hydrogen) atoms. The molecule has 1 heterocycles.